The zero-order valence-corrected chi connectivity index (χ0v) is 9.50. The largest absolute Gasteiger partial charge is 0.345 e. The molecule has 88 valence electrons. The average Bonchev–Trinajstić information content (AvgIpc) is 2.31. The first kappa shape index (κ1) is 11.2. The van der Waals surface area contributed by atoms with Crippen molar-refractivity contribution >= 4 is 11.8 Å². The van der Waals surface area contributed by atoms with Crippen molar-refractivity contribution in [2.24, 2.45) is 0 Å². The molecule has 0 atom stereocenters. The number of piperazine rings is 1. The summed E-state index contributed by atoms with van der Waals surface area (Å²) < 4.78 is 0. The fourth-order valence-corrected chi connectivity index (χ4v) is 2.82. The Hall–Kier alpha value is -1.32. The van der Waals surface area contributed by atoms with E-state index in [0.29, 0.717) is 6.54 Å². The van der Waals surface area contributed by atoms with Crippen LogP contribution in [0.1, 0.15) is 32.1 Å². The smallest absolute Gasteiger partial charge is 0.246 e. The molecule has 1 aliphatic heterocycles. The van der Waals surface area contributed by atoms with Crippen LogP contribution in [0.15, 0.2) is 12.7 Å². The molecule has 1 N–H and O–H groups in total. The Morgan fingerprint density at radius 1 is 1.31 bits per heavy atom. The topological polar surface area (TPSA) is 49.4 Å². The average molecular weight is 222 g/mol. The molecule has 1 heterocycles. The van der Waals surface area contributed by atoms with E-state index in [9.17, 15) is 9.59 Å². The van der Waals surface area contributed by atoms with Gasteiger partial charge in [0.05, 0.1) is 6.54 Å². The molecule has 0 radical (unpaired) electrons. The predicted octanol–water partition coefficient (Wildman–Crippen LogP) is 0.834. The second-order valence-electron chi connectivity index (χ2n) is 4.57. The Labute approximate surface area is 95.7 Å². The second-order valence-corrected chi connectivity index (χ2v) is 4.57. The number of nitrogens with zero attached hydrogens (tertiary/aromatic N) is 1. The predicted molar refractivity (Wildman–Crippen MR) is 60.7 cm³/mol. The second kappa shape index (κ2) is 4.28. The zero-order chi connectivity index (χ0) is 11.6. The minimum Gasteiger partial charge on any atom is -0.345 e. The maximum Gasteiger partial charge on any atom is 0.246 e. The van der Waals surface area contributed by atoms with E-state index in [2.05, 4.69) is 11.9 Å². The van der Waals surface area contributed by atoms with Crippen LogP contribution in [0.2, 0.25) is 0 Å². The van der Waals surface area contributed by atoms with Gasteiger partial charge >= 0.3 is 0 Å². The fraction of sp³-hybridized carbons (Fsp3) is 0.667. The van der Waals surface area contributed by atoms with Gasteiger partial charge in [0.15, 0.2) is 0 Å². The highest BCUT2D eigenvalue weighted by molar-refractivity contribution is 5.98. The molecule has 2 aliphatic rings. The van der Waals surface area contributed by atoms with E-state index in [4.69, 9.17) is 0 Å². The first-order chi connectivity index (χ1) is 7.70. The molecule has 4 heteroatoms. The summed E-state index contributed by atoms with van der Waals surface area (Å²) in [5, 5.41) is 2.72. The maximum absolute atomic E-state index is 12.1. The van der Waals surface area contributed by atoms with Crippen LogP contribution in [-0.2, 0) is 9.59 Å². The lowest BCUT2D eigenvalue weighted by Crippen LogP contribution is -2.67. The van der Waals surface area contributed by atoms with Gasteiger partial charge in [-0.3, -0.25) is 9.59 Å². The van der Waals surface area contributed by atoms with Crippen LogP contribution in [0.25, 0.3) is 0 Å². The van der Waals surface area contributed by atoms with Crippen molar-refractivity contribution in [1.29, 1.82) is 0 Å². The van der Waals surface area contributed by atoms with Crippen molar-refractivity contribution in [2.45, 2.75) is 37.6 Å². The molecule has 0 aromatic heterocycles. The molecule has 1 aliphatic carbocycles. The van der Waals surface area contributed by atoms with E-state index in [1.807, 2.05) is 0 Å². The van der Waals surface area contributed by atoms with Crippen molar-refractivity contribution in [3.8, 4) is 0 Å². The van der Waals surface area contributed by atoms with E-state index in [0.717, 1.165) is 32.1 Å². The van der Waals surface area contributed by atoms with Gasteiger partial charge in [0.25, 0.3) is 0 Å². The summed E-state index contributed by atoms with van der Waals surface area (Å²) in [6, 6.07) is 0. The lowest BCUT2D eigenvalue weighted by molar-refractivity contribution is -0.155. The fourth-order valence-electron chi connectivity index (χ4n) is 2.82. The molecule has 4 nitrogen and oxygen atoms in total. The number of rotatable bonds is 2. The Balaban J connectivity index is 2.29. The molecule has 1 saturated heterocycles. The van der Waals surface area contributed by atoms with Crippen molar-refractivity contribution in [2.75, 3.05) is 13.1 Å². The lowest BCUT2D eigenvalue weighted by atomic mass is 9.78. The molecule has 1 saturated carbocycles. The van der Waals surface area contributed by atoms with Crippen LogP contribution >= 0.6 is 0 Å². The number of carbonyl (C=O) groups is 2. The Bertz CT molecular complexity index is 319. The molecular formula is C12H18N2O2. The molecule has 0 bridgehead atoms. The van der Waals surface area contributed by atoms with Crippen LogP contribution < -0.4 is 5.32 Å². The van der Waals surface area contributed by atoms with Gasteiger partial charge < -0.3 is 10.2 Å². The van der Waals surface area contributed by atoms with E-state index in [1.165, 1.54) is 0 Å². The molecule has 0 aromatic carbocycles. The maximum atomic E-state index is 12.1. The monoisotopic (exact) mass is 222 g/mol. The van der Waals surface area contributed by atoms with E-state index >= 15 is 0 Å². The highest BCUT2D eigenvalue weighted by Gasteiger charge is 2.48. The Morgan fingerprint density at radius 3 is 2.62 bits per heavy atom. The minimum absolute atomic E-state index is 0.0152. The van der Waals surface area contributed by atoms with Gasteiger partial charge in [-0.2, -0.15) is 0 Å². The van der Waals surface area contributed by atoms with Crippen molar-refractivity contribution in [3.63, 3.8) is 0 Å². The van der Waals surface area contributed by atoms with E-state index < -0.39 is 5.54 Å². The number of hydrogen-bond donors (Lipinski definition) is 1. The summed E-state index contributed by atoms with van der Waals surface area (Å²) in [5.74, 6) is 0.0371. The van der Waals surface area contributed by atoms with Gasteiger partial charge in [0.1, 0.15) is 5.54 Å². The van der Waals surface area contributed by atoms with Crippen LogP contribution in [0.4, 0.5) is 0 Å². The normalized spacial score (nSPS) is 24.4. The first-order valence-corrected chi connectivity index (χ1v) is 5.90. The third kappa shape index (κ3) is 1.62. The molecular weight excluding hydrogens is 204 g/mol. The van der Waals surface area contributed by atoms with Gasteiger partial charge in [0.2, 0.25) is 11.8 Å². The third-order valence-corrected chi connectivity index (χ3v) is 3.63. The van der Waals surface area contributed by atoms with Gasteiger partial charge in [-0.25, -0.2) is 0 Å². The van der Waals surface area contributed by atoms with Crippen molar-refractivity contribution in [1.82, 2.24) is 10.2 Å². The standard InChI is InChI=1S/C12H18N2O2/c1-2-8-14-10(15)9-13-11(16)12(14)6-4-3-5-7-12/h2H,1,3-9H2,(H,13,16). The van der Waals surface area contributed by atoms with Gasteiger partial charge in [-0.05, 0) is 12.8 Å². The van der Waals surface area contributed by atoms with Crippen LogP contribution in [0.3, 0.4) is 0 Å². The molecule has 2 amide bonds. The molecule has 16 heavy (non-hydrogen) atoms. The quantitative estimate of drug-likeness (QED) is 0.704. The number of carbonyl (C=O) groups excluding carboxylic acids is 2. The van der Waals surface area contributed by atoms with E-state index in [1.54, 1.807) is 11.0 Å². The summed E-state index contributed by atoms with van der Waals surface area (Å²) in [7, 11) is 0. The van der Waals surface area contributed by atoms with Crippen molar-refractivity contribution in [3.05, 3.63) is 12.7 Å². The summed E-state index contributed by atoms with van der Waals surface area (Å²) in [6.07, 6.45) is 6.48. The highest BCUT2D eigenvalue weighted by atomic mass is 16.2. The first-order valence-electron chi connectivity index (χ1n) is 5.90. The van der Waals surface area contributed by atoms with Crippen LogP contribution in [-0.4, -0.2) is 35.3 Å². The Morgan fingerprint density at radius 2 is 2.00 bits per heavy atom. The van der Waals surface area contributed by atoms with Gasteiger partial charge in [-0.1, -0.05) is 25.3 Å². The number of nitrogens with one attached hydrogen (secondary N) is 1. The molecule has 2 fully saturated rings. The van der Waals surface area contributed by atoms with Crippen LogP contribution in [0.5, 0.6) is 0 Å². The molecule has 0 aromatic rings. The van der Waals surface area contributed by atoms with Crippen molar-refractivity contribution < 1.29 is 9.59 Å². The van der Waals surface area contributed by atoms with Gasteiger partial charge in [0, 0.05) is 6.54 Å². The number of amides is 2. The summed E-state index contributed by atoms with van der Waals surface area (Å²) in [6.45, 7) is 4.28. The van der Waals surface area contributed by atoms with Crippen LogP contribution in [0, 0.1) is 0 Å². The lowest BCUT2D eigenvalue weighted by Gasteiger charge is -2.47. The summed E-state index contributed by atoms with van der Waals surface area (Å²) in [4.78, 5) is 25.6. The molecule has 2 rings (SSSR count). The van der Waals surface area contributed by atoms with Gasteiger partial charge in [-0.15, -0.1) is 6.58 Å². The van der Waals surface area contributed by atoms with E-state index in [-0.39, 0.29) is 18.4 Å². The number of hydrogen-bond acceptors (Lipinski definition) is 2. The minimum atomic E-state index is -0.582. The summed E-state index contributed by atoms with van der Waals surface area (Å²) in [5.41, 5.74) is -0.582. The Kier molecular flexibility index (Phi) is 2.99. The molecule has 0 unspecified atom stereocenters. The SMILES string of the molecule is C=CCN1C(=O)CNC(=O)C12CCCCC2. The highest BCUT2D eigenvalue weighted by Crippen LogP contribution is 2.35. The third-order valence-electron chi connectivity index (χ3n) is 3.63. The molecule has 1 spiro atoms. The summed E-state index contributed by atoms with van der Waals surface area (Å²) >= 11 is 0. The zero-order valence-electron chi connectivity index (χ0n) is 9.50.